The fourth-order valence-electron chi connectivity index (χ4n) is 1.60. The van der Waals surface area contributed by atoms with Crippen molar-refractivity contribution in [2.45, 2.75) is 13.8 Å². The molecule has 86 valence electrons. The Balaban J connectivity index is 2.14. The number of hydrogen-bond donors (Lipinski definition) is 0. The second kappa shape index (κ2) is 4.47. The first-order valence-electron chi connectivity index (χ1n) is 5.15. The Hall–Kier alpha value is -0.385. The van der Waals surface area contributed by atoms with Crippen LogP contribution in [0.3, 0.4) is 0 Å². The Kier molecular flexibility index (Phi) is 3.38. The van der Waals surface area contributed by atoms with E-state index < -0.39 is 7.12 Å². The van der Waals surface area contributed by atoms with Gasteiger partial charge in [0, 0.05) is 23.1 Å². The smallest absolute Gasteiger partial charge is 0.407 e. The summed E-state index contributed by atoms with van der Waals surface area (Å²) in [5, 5.41) is 0. The molecule has 0 unspecified atom stereocenters. The highest BCUT2D eigenvalue weighted by atomic mass is 79.9. The van der Waals surface area contributed by atoms with Crippen LogP contribution in [0.4, 0.5) is 4.39 Å². The predicted octanol–water partition coefficient (Wildman–Crippen LogP) is 2.36. The van der Waals surface area contributed by atoms with E-state index in [0.717, 1.165) is 0 Å². The quantitative estimate of drug-likeness (QED) is 0.738. The normalized spacial score (nSPS) is 19.9. The standard InChI is InChI=1S/C11H13BBrFO2/c1-11(2)6-15-12(16-7-11)8-3-9(13)5-10(14)4-8/h3-5H,6-7H2,1-2H3. The third-order valence-corrected chi connectivity index (χ3v) is 2.87. The second-order valence-corrected chi connectivity index (χ2v) is 5.74. The molecule has 1 aliphatic rings. The summed E-state index contributed by atoms with van der Waals surface area (Å²) >= 11 is 3.25. The van der Waals surface area contributed by atoms with Gasteiger partial charge < -0.3 is 9.31 Å². The summed E-state index contributed by atoms with van der Waals surface area (Å²) in [5.41, 5.74) is 0.739. The fourth-order valence-corrected chi connectivity index (χ4v) is 2.08. The lowest BCUT2D eigenvalue weighted by molar-refractivity contribution is 0.0343. The van der Waals surface area contributed by atoms with Gasteiger partial charge in [0.25, 0.3) is 0 Å². The average Bonchev–Trinajstić information content (AvgIpc) is 2.15. The third kappa shape index (κ3) is 2.84. The van der Waals surface area contributed by atoms with E-state index in [-0.39, 0.29) is 11.2 Å². The van der Waals surface area contributed by atoms with Crippen LogP contribution >= 0.6 is 15.9 Å². The van der Waals surface area contributed by atoms with Gasteiger partial charge in [-0.15, -0.1) is 0 Å². The number of benzene rings is 1. The maximum absolute atomic E-state index is 13.2. The Labute approximate surface area is 103 Å². The molecule has 1 aliphatic heterocycles. The molecular weight excluding hydrogens is 274 g/mol. The Morgan fingerprint density at radius 1 is 1.25 bits per heavy atom. The van der Waals surface area contributed by atoms with E-state index in [1.807, 2.05) is 6.07 Å². The lowest BCUT2D eigenvalue weighted by atomic mass is 9.76. The molecule has 0 saturated carbocycles. The minimum atomic E-state index is -0.458. The maximum atomic E-state index is 13.2. The van der Waals surface area contributed by atoms with Crippen LogP contribution in [0, 0.1) is 11.2 Å². The molecule has 0 N–H and O–H groups in total. The van der Waals surface area contributed by atoms with Gasteiger partial charge in [-0.3, -0.25) is 0 Å². The van der Waals surface area contributed by atoms with Gasteiger partial charge in [-0.2, -0.15) is 0 Å². The molecule has 0 bridgehead atoms. The Morgan fingerprint density at radius 2 is 1.88 bits per heavy atom. The lowest BCUT2D eigenvalue weighted by Gasteiger charge is -2.33. The van der Waals surface area contributed by atoms with Gasteiger partial charge in [-0.05, 0) is 23.7 Å². The highest BCUT2D eigenvalue weighted by molar-refractivity contribution is 9.10. The van der Waals surface area contributed by atoms with Crippen molar-refractivity contribution in [3.8, 4) is 0 Å². The van der Waals surface area contributed by atoms with E-state index in [0.29, 0.717) is 23.1 Å². The summed E-state index contributed by atoms with van der Waals surface area (Å²) in [6.07, 6.45) is 0. The molecule has 2 nitrogen and oxygen atoms in total. The first kappa shape index (κ1) is 12.1. The van der Waals surface area contributed by atoms with Crippen LogP contribution in [0.1, 0.15) is 13.8 Å². The molecular formula is C11H13BBrFO2. The molecule has 0 amide bonds. The zero-order chi connectivity index (χ0) is 11.8. The number of rotatable bonds is 1. The predicted molar refractivity (Wildman–Crippen MR) is 65.2 cm³/mol. The van der Waals surface area contributed by atoms with Gasteiger partial charge in [-0.1, -0.05) is 29.8 Å². The molecule has 1 aromatic rings. The van der Waals surface area contributed by atoms with E-state index >= 15 is 0 Å². The van der Waals surface area contributed by atoms with Gasteiger partial charge in [0.05, 0.1) is 0 Å². The van der Waals surface area contributed by atoms with Crippen molar-refractivity contribution in [2.75, 3.05) is 13.2 Å². The molecule has 5 heteroatoms. The zero-order valence-electron chi connectivity index (χ0n) is 9.30. The topological polar surface area (TPSA) is 18.5 Å². The molecule has 1 aromatic carbocycles. The molecule has 1 fully saturated rings. The third-order valence-electron chi connectivity index (χ3n) is 2.41. The Morgan fingerprint density at radius 3 is 2.44 bits per heavy atom. The summed E-state index contributed by atoms with van der Waals surface area (Å²) in [6.45, 7) is 5.38. The van der Waals surface area contributed by atoms with E-state index in [4.69, 9.17) is 9.31 Å². The van der Waals surface area contributed by atoms with Gasteiger partial charge in [0.15, 0.2) is 0 Å². The van der Waals surface area contributed by atoms with Gasteiger partial charge in [-0.25, -0.2) is 4.39 Å². The lowest BCUT2D eigenvalue weighted by Crippen LogP contribution is -2.47. The van der Waals surface area contributed by atoms with Crippen molar-refractivity contribution in [3.05, 3.63) is 28.5 Å². The fraction of sp³-hybridized carbons (Fsp3) is 0.455. The molecule has 0 aromatic heterocycles. The second-order valence-electron chi connectivity index (χ2n) is 4.82. The van der Waals surface area contributed by atoms with E-state index in [2.05, 4.69) is 29.8 Å². The van der Waals surface area contributed by atoms with Gasteiger partial charge >= 0.3 is 7.12 Å². The number of halogens is 2. The molecule has 16 heavy (non-hydrogen) atoms. The molecule has 0 spiro atoms. The van der Waals surface area contributed by atoms with Gasteiger partial charge in [0.1, 0.15) is 5.82 Å². The summed E-state index contributed by atoms with van der Waals surface area (Å²) in [5.74, 6) is -0.290. The highest BCUT2D eigenvalue weighted by Gasteiger charge is 2.33. The van der Waals surface area contributed by atoms with Crippen molar-refractivity contribution >= 4 is 28.5 Å². The minimum absolute atomic E-state index is 0.0288. The summed E-state index contributed by atoms with van der Waals surface area (Å²) in [4.78, 5) is 0. The van der Waals surface area contributed by atoms with Crippen molar-refractivity contribution in [3.63, 3.8) is 0 Å². The van der Waals surface area contributed by atoms with Crippen molar-refractivity contribution in [2.24, 2.45) is 5.41 Å². The van der Waals surface area contributed by atoms with E-state index in [9.17, 15) is 4.39 Å². The average molecular weight is 287 g/mol. The molecule has 0 atom stereocenters. The zero-order valence-corrected chi connectivity index (χ0v) is 10.9. The van der Waals surface area contributed by atoms with E-state index in [1.165, 1.54) is 12.1 Å². The largest absolute Gasteiger partial charge is 0.494 e. The van der Waals surface area contributed by atoms with Crippen molar-refractivity contribution < 1.29 is 13.7 Å². The first-order valence-corrected chi connectivity index (χ1v) is 5.95. The number of hydrogen-bond acceptors (Lipinski definition) is 2. The highest BCUT2D eigenvalue weighted by Crippen LogP contribution is 2.22. The summed E-state index contributed by atoms with van der Waals surface area (Å²) in [7, 11) is -0.458. The minimum Gasteiger partial charge on any atom is -0.407 e. The summed E-state index contributed by atoms with van der Waals surface area (Å²) in [6, 6.07) is 4.66. The summed E-state index contributed by atoms with van der Waals surface area (Å²) < 4.78 is 25.0. The first-order chi connectivity index (χ1) is 7.46. The van der Waals surface area contributed by atoms with Gasteiger partial charge in [0.2, 0.25) is 0 Å². The van der Waals surface area contributed by atoms with Crippen LogP contribution in [-0.2, 0) is 9.31 Å². The Bertz CT molecular complexity index is 367. The van der Waals surface area contributed by atoms with E-state index in [1.54, 1.807) is 0 Å². The van der Waals surface area contributed by atoms with Crippen LogP contribution in [0.5, 0.6) is 0 Å². The van der Waals surface area contributed by atoms with Crippen molar-refractivity contribution in [1.29, 1.82) is 0 Å². The monoisotopic (exact) mass is 286 g/mol. The van der Waals surface area contributed by atoms with Crippen LogP contribution < -0.4 is 5.46 Å². The molecule has 0 aliphatic carbocycles. The van der Waals surface area contributed by atoms with Crippen LogP contribution in [0.15, 0.2) is 22.7 Å². The van der Waals surface area contributed by atoms with Crippen LogP contribution in [0.2, 0.25) is 0 Å². The maximum Gasteiger partial charge on any atom is 0.494 e. The van der Waals surface area contributed by atoms with Crippen LogP contribution in [-0.4, -0.2) is 20.3 Å². The van der Waals surface area contributed by atoms with Crippen LogP contribution in [0.25, 0.3) is 0 Å². The van der Waals surface area contributed by atoms with Crippen molar-refractivity contribution in [1.82, 2.24) is 0 Å². The molecule has 0 radical (unpaired) electrons. The molecule has 1 saturated heterocycles. The molecule has 1 heterocycles. The SMILES string of the molecule is CC1(C)COB(c2cc(F)cc(Br)c2)OC1. The molecule has 2 rings (SSSR count).